The Kier molecular flexibility index (Phi) is 13.6. The van der Waals surface area contributed by atoms with E-state index in [0.29, 0.717) is 31.6 Å². The minimum atomic E-state index is -0.704. The first-order chi connectivity index (χ1) is 19.9. The van der Waals surface area contributed by atoms with E-state index in [1.165, 1.54) is 32.1 Å². The van der Waals surface area contributed by atoms with Gasteiger partial charge >= 0.3 is 6.09 Å². The van der Waals surface area contributed by atoms with Crippen molar-refractivity contribution in [3.05, 3.63) is 35.9 Å². The average Bonchev–Trinajstić information content (AvgIpc) is 3.00. The van der Waals surface area contributed by atoms with Gasteiger partial charge in [-0.25, -0.2) is 4.79 Å². The van der Waals surface area contributed by atoms with Crippen molar-refractivity contribution < 1.29 is 23.9 Å². The second-order valence-corrected chi connectivity index (χ2v) is 11.4. The zero-order valence-electron chi connectivity index (χ0n) is 24.4. The molecule has 2 saturated carbocycles. The number of aliphatic imine (C=N–C) groups is 1. The van der Waals surface area contributed by atoms with Gasteiger partial charge in [-0.2, -0.15) is 0 Å². The van der Waals surface area contributed by atoms with Gasteiger partial charge in [0.2, 0.25) is 11.8 Å². The maximum atomic E-state index is 13.3. The topological polar surface area (TPSA) is 143 Å². The van der Waals surface area contributed by atoms with Crippen molar-refractivity contribution in [2.24, 2.45) is 28.5 Å². The van der Waals surface area contributed by atoms with E-state index in [4.69, 9.17) is 10.5 Å². The number of nitrogens with zero attached hydrogens (tertiary/aromatic N) is 2. The highest BCUT2D eigenvalue weighted by Crippen LogP contribution is 2.32. The van der Waals surface area contributed by atoms with Crippen LogP contribution in [-0.4, -0.2) is 61.2 Å². The summed E-state index contributed by atoms with van der Waals surface area (Å²) in [6.07, 6.45) is 11.4. The minimum Gasteiger partial charge on any atom is -0.444 e. The van der Waals surface area contributed by atoms with Gasteiger partial charge in [0.15, 0.2) is 5.96 Å². The summed E-state index contributed by atoms with van der Waals surface area (Å²) in [6.45, 7) is 1.11. The summed E-state index contributed by atoms with van der Waals surface area (Å²) in [5, 5.41) is 5.22. The number of ether oxygens (including phenoxy) is 1. The zero-order valence-corrected chi connectivity index (χ0v) is 24.4. The number of benzene rings is 1. The lowest BCUT2D eigenvalue weighted by molar-refractivity contribution is -0.143. The third kappa shape index (κ3) is 11.2. The van der Waals surface area contributed by atoms with Crippen molar-refractivity contribution in [3.63, 3.8) is 0 Å². The number of hydrogen-bond acceptors (Lipinski definition) is 6. The number of carbonyl (C=O) groups is 4. The van der Waals surface area contributed by atoms with Crippen molar-refractivity contribution in [1.82, 2.24) is 15.5 Å². The molecule has 0 saturated heterocycles. The van der Waals surface area contributed by atoms with E-state index in [1.54, 1.807) is 0 Å². The van der Waals surface area contributed by atoms with Gasteiger partial charge in [0.05, 0.1) is 6.04 Å². The first-order valence-electron chi connectivity index (χ1n) is 15.2. The van der Waals surface area contributed by atoms with Crippen LogP contribution in [0.5, 0.6) is 0 Å². The second kappa shape index (κ2) is 17.4. The van der Waals surface area contributed by atoms with Gasteiger partial charge in [-0.15, -0.1) is 0 Å². The second-order valence-electron chi connectivity index (χ2n) is 11.4. The Bertz CT molecular complexity index is 1010. The van der Waals surface area contributed by atoms with Crippen molar-refractivity contribution in [2.45, 2.75) is 89.7 Å². The number of nitrogens with one attached hydrogen (secondary N) is 2. The molecule has 41 heavy (non-hydrogen) atoms. The first-order valence-corrected chi connectivity index (χ1v) is 15.2. The predicted octanol–water partition coefficient (Wildman–Crippen LogP) is 3.93. The lowest BCUT2D eigenvalue weighted by Crippen LogP contribution is -2.47. The fourth-order valence-electron chi connectivity index (χ4n) is 5.86. The summed E-state index contributed by atoms with van der Waals surface area (Å²) in [6, 6.07) is 8.59. The highest BCUT2D eigenvalue weighted by atomic mass is 16.5. The van der Waals surface area contributed by atoms with E-state index in [9.17, 15) is 19.2 Å². The molecule has 10 nitrogen and oxygen atoms in total. The van der Waals surface area contributed by atoms with Crippen LogP contribution in [-0.2, 0) is 25.7 Å². The van der Waals surface area contributed by atoms with Gasteiger partial charge in [-0.1, -0.05) is 75.3 Å². The number of hydrogen-bond donors (Lipinski definition) is 3. The molecular formula is C31H47N5O5. The molecule has 3 amide bonds. The molecule has 0 unspecified atom stereocenters. The Morgan fingerprint density at radius 1 is 1.05 bits per heavy atom. The number of nitrogens with two attached hydrogens (primary N) is 1. The predicted molar refractivity (Wildman–Crippen MR) is 158 cm³/mol. The normalized spacial score (nSPS) is 20.5. The largest absolute Gasteiger partial charge is 0.444 e. The molecule has 2 aliphatic rings. The highest BCUT2D eigenvalue weighted by Gasteiger charge is 2.37. The van der Waals surface area contributed by atoms with Crippen LogP contribution >= 0.6 is 0 Å². The van der Waals surface area contributed by atoms with Crippen LogP contribution in [0.15, 0.2) is 35.3 Å². The van der Waals surface area contributed by atoms with Gasteiger partial charge in [0.1, 0.15) is 12.9 Å². The number of alkyl carbamates (subject to hydrolysis) is 1. The summed E-state index contributed by atoms with van der Waals surface area (Å²) < 4.78 is 5.11. The van der Waals surface area contributed by atoms with Crippen LogP contribution in [0.1, 0.15) is 82.6 Å². The number of amides is 3. The number of guanidine groups is 1. The van der Waals surface area contributed by atoms with Gasteiger partial charge < -0.3 is 25.5 Å². The van der Waals surface area contributed by atoms with Gasteiger partial charge in [-0.05, 0) is 43.6 Å². The molecule has 0 radical (unpaired) electrons. The summed E-state index contributed by atoms with van der Waals surface area (Å²) in [5.41, 5.74) is 6.62. The van der Waals surface area contributed by atoms with Gasteiger partial charge in [-0.3, -0.25) is 19.9 Å². The Morgan fingerprint density at radius 2 is 1.73 bits per heavy atom. The highest BCUT2D eigenvalue weighted by molar-refractivity contribution is 5.92. The summed E-state index contributed by atoms with van der Waals surface area (Å²) in [7, 11) is 1.85. The van der Waals surface area contributed by atoms with E-state index in [0.717, 1.165) is 37.7 Å². The molecule has 0 heterocycles. The summed E-state index contributed by atoms with van der Waals surface area (Å²) >= 11 is 0. The lowest BCUT2D eigenvalue weighted by Gasteiger charge is -2.33. The van der Waals surface area contributed by atoms with E-state index < -0.39 is 18.1 Å². The fraction of sp³-hybridized carbons (Fsp3) is 0.645. The Morgan fingerprint density at radius 3 is 2.44 bits per heavy atom. The monoisotopic (exact) mass is 569 g/mol. The van der Waals surface area contributed by atoms with Crippen LogP contribution in [0, 0.1) is 17.8 Å². The summed E-state index contributed by atoms with van der Waals surface area (Å²) in [4.78, 5) is 56.0. The molecule has 1 aromatic rings. The van der Waals surface area contributed by atoms with Crippen LogP contribution in [0.25, 0.3) is 0 Å². The third-order valence-corrected chi connectivity index (χ3v) is 8.28. The van der Waals surface area contributed by atoms with Crippen LogP contribution in [0.4, 0.5) is 4.79 Å². The molecule has 0 aromatic heterocycles. The molecular weight excluding hydrogens is 522 g/mol. The van der Waals surface area contributed by atoms with Crippen molar-refractivity contribution in [2.75, 3.05) is 20.1 Å². The smallest absolute Gasteiger partial charge is 0.414 e. The van der Waals surface area contributed by atoms with Crippen molar-refractivity contribution in [1.29, 1.82) is 0 Å². The molecule has 3 rings (SSSR count). The van der Waals surface area contributed by atoms with Crippen LogP contribution in [0.2, 0.25) is 0 Å². The van der Waals surface area contributed by atoms with Gasteiger partial charge in [0, 0.05) is 32.0 Å². The molecule has 4 N–H and O–H groups in total. The minimum absolute atomic E-state index is 0.0444. The van der Waals surface area contributed by atoms with Crippen LogP contribution < -0.4 is 16.4 Å². The van der Waals surface area contributed by atoms with E-state index in [1.807, 2.05) is 42.3 Å². The van der Waals surface area contributed by atoms with Crippen LogP contribution in [0.3, 0.4) is 0 Å². The van der Waals surface area contributed by atoms with E-state index in [2.05, 4.69) is 15.6 Å². The Hall–Kier alpha value is -3.43. The molecule has 3 atom stereocenters. The van der Waals surface area contributed by atoms with E-state index in [-0.39, 0.29) is 36.8 Å². The molecule has 0 spiro atoms. The third-order valence-electron chi connectivity index (χ3n) is 8.28. The molecule has 10 heteroatoms. The van der Waals surface area contributed by atoms with E-state index >= 15 is 0 Å². The molecule has 226 valence electrons. The Labute approximate surface area is 243 Å². The SMILES string of the molecule is CN(CCC1CCCCC1)C(=O)[C@H]1CCCC[C@H]1C(=O)N[C@H](C=O)CCCN=C(N)NC(=O)OCc1ccccc1. The quantitative estimate of drug-likeness (QED) is 0.142. The number of aldehydes is 1. The maximum absolute atomic E-state index is 13.3. The lowest BCUT2D eigenvalue weighted by atomic mass is 9.77. The molecule has 1 aromatic carbocycles. The number of carbonyl (C=O) groups excluding carboxylic acids is 4. The van der Waals surface area contributed by atoms with Crippen molar-refractivity contribution in [3.8, 4) is 0 Å². The summed E-state index contributed by atoms with van der Waals surface area (Å²) in [5.74, 6) is -0.331. The molecule has 2 fully saturated rings. The fourth-order valence-corrected chi connectivity index (χ4v) is 5.86. The zero-order chi connectivity index (χ0) is 29.5. The Balaban J connectivity index is 1.39. The molecule has 0 bridgehead atoms. The van der Waals surface area contributed by atoms with Crippen molar-refractivity contribution >= 4 is 30.2 Å². The maximum Gasteiger partial charge on any atom is 0.414 e. The number of rotatable bonds is 13. The van der Waals surface area contributed by atoms with Gasteiger partial charge in [0.25, 0.3) is 0 Å². The average molecular weight is 570 g/mol. The standard InChI is InChI=1S/C31H47N5O5/c1-36(20-18-23-11-4-2-5-12-23)29(39)27-17-9-8-16-26(27)28(38)34-25(21-37)15-10-19-33-30(32)35-31(40)41-22-24-13-6-3-7-14-24/h3,6-7,13-14,21,23,25-27H,2,4-5,8-12,15-20,22H2,1H3,(H,34,38)(H3,32,33,35,40)/t25-,26+,27-/m0/s1. The first kappa shape index (κ1) is 32.1. The molecule has 0 aliphatic heterocycles. The molecule has 2 aliphatic carbocycles.